The van der Waals surface area contributed by atoms with E-state index in [1.807, 2.05) is 49.4 Å². The molecular formula is C23H23ClN4O2. The van der Waals surface area contributed by atoms with E-state index >= 15 is 0 Å². The van der Waals surface area contributed by atoms with E-state index in [9.17, 15) is 4.79 Å². The molecular weight excluding hydrogens is 400 g/mol. The van der Waals surface area contributed by atoms with Gasteiger partial charge in [0.2, 0.25) is 5.91 Å². The molecule has 1 aliphatic heterocycles. The van der Waals surface area contributed by atoms with E-state index in [0.29, 0.717) is 35.6 Å². The number of para-hydroxylation sites is 1. The first-order valence-electron chi connectivity index (χ1n) is 9.96. The molecule has 154 valence electrons. The summed E-state index contributed by atoms with van der Waals surface area (Å²) in [5, 5.41) is 3.70. The number of aromatic nitrogens is 2. The number of hydrogen-bond donors (Lipinski definition) is 1. The number of anilines is 2. The van der Waals surface area contributed by atoms with Crippen LogP contribution in [0.1, 0.15) is 18.4 Å². The first-order chi connectivity index (χ1) is 14.6. The zero-order chi connectivity index (χ0) is 20.9. The number of ether oxygens (including phenoxy) is 1. The molecule has 0 aliphatic carbocycles. The van der Waals surface area contributed by atoms with E-state index in [1.54, 1.807) is 18.5 Å². The molecule has 3 aromatic rings. The molecule has 0 saturated carbocycles. The second kappa shape index (κ2) is 9.13. The number of halogens is 1. The summed E-state index contributed by atoms with van der Waals surface area (Å²) in [5.74, 6) is 1.88. The summed E-state index contributed by atoms with van der Waals surface area (Å²) in [6, 6.07) is 15.0. The largest absolute Gasteiger partial charge is 0.436 e. The summed E-state index contributed by atoms with van der Waals surface area (Å²) in [6.07, 6.45) is 4.76. The van der Waals surface area contributed by atoms with E-state index in [0.717, 1.165) is 24.1 Å². The average Bonchev–Trinajstić information content (AvgIpc) is 2.77. The van der Waals surface area contributed by atoms with Crippen molar-refractivity contribution >= 4 is 29.0 Å². The van der Waals surface area contributed by atoms with Crippen molar-refractivity contribution in [2.45, 2.75) is 19.8 Å². The summed E-state index contributed by atoms with van der Waals surface area (Å²) < 4.78 is 5.93. The number of carbonyl (C=O) groups is 1. The van der Waals surface area contributed by atoms with Gasteiger partial charge in [-0.05, 0) is 55.7 Å². The van der Waals surface area contributed by atoms with Gasteiger partial charge in [0.1, 0.15) is 5.75 Å². The maximum atomic E-state index is 12.7. The number of amides is 1. The summed E-state index contributed by atoms with van der Waals surface area (Å²) in [5.41, 5.74) is 1.76. The molecule has 0 bridgehead atoms. The lowest BCUT2D eigenvalue weighted by Crippen LogP contribution is -2.38. The molecule has 1 amide bonds. The van der Waals surface area contributed by atoms with Crippen molar-refractivity contribution in [1.29, 1.82) is 0 Å². The van der Waals surface area contributed by atoms with Crippen molar-refractivity contribution in [2.24, 2.45) is 5.92 Å². The van der Waals surface area contributed by atoms with E-state index in [4.69, 9.17) is 16.3 Å². The lowest BCUT2D eigenvalue weighted by Gasteiger charge is -2.32. The number of benzene rings is 2. The highest BCUT2D eigenvalue weighted by molar-refractivity contribution is 6.30. The van der Waals surface area contributed by atoms with Gasteiger partial charge in [-0.25, -0.2) is 9.97 Å². The number of hydrogen-bond acceptors (Lipinski definition) is 5. The van der Waals surface area contributed by atoms with E-state index < -0.39 is 0 Å². The monoisotopic (exact) mass is 422 g/mol. The Balaban J connectivity index is 1.39. The summed E-state index contributed by atoms with van der Waals surface area (Å²) in [7, 11) is 0. The SMILES string of the molecule is Cc1cc(Cl)ccc1NC(=O)C1CCN(c2nccnc2Oc2ccccc2)CC1. The van der Waals surface area contributed by atoms with Crippen LogP contribution >= 0.6 is 11.6 Å². The van der Waals surface area contributed by atoms with Gasteiger partial charge >= 0.3 is 0 Å². The van der Waals surface area contributed by atoms with Crippen LogP contribution in [0.3, 0.4) is 0 Å². The molecule has 0 unspecified atom stereocenters. The van der Waals surface area contributed by atoms with Gasteiger partial charge in [-0.3, -0.25) is 4.79 Å². The Labute approximate surface area is 180 Å². The lowest BCUT2D eigenvalue weighted by molar-refractivity contribution is -0.120. The van der Waals surface area contributed by atoms with Crippen LogP contribution in [0.5, 0.6) is 11.6 Å². The average molecular weight is 423 g/mol. The molecule has 1 fully saturated rings. The maximum Gasteiger partial charge on any atom is 0.263 e. The number of nitrogens with zero attached hydrogens (tertiary/aromatic N) is 3. The van der Waals surface area contributed by atoms with Gasteiger partial charge in [0.15, 0.2) is 5.82 Å². The normalized spacial score (nSPS) is 14.4. The Morgan fingerprint density at radius 1 is 1.10 bits per heavy atom. The van der Waals surface area contributed by atoms with Crippen molar-refractivity contribution in [3.63, 3.8) is 0 Å². The fraction of sp³-hybridized carbons (Fsp3) is 0.261. The molecule has 1 saturated heterocycles. The van der Waals surface area contributed by atoms with Gasteiger partial charge in [-0.2, -0.15) is 0 Å². The minimum atomic E-state index is -0.0495. The Kier molecular flexibility index (Phi) is 6.14. The highest BCUT2D eigenvalue weighted by Gasteiger charge is 2.27. The number of carbonyl (C=O) groups excluding carboxylic acids is 1. The molecule has 7 heteroatoms. The Morgan fingerprint density at radius 3 is 2.57 bits per heavy atom. The van der Waals surface area contributed by atoms with Crippen LogP contribution < -0.4 is 15.0 Å². The molecule has 1 N–H and O–H groups in total. The zero-order valence-electron chi connectivity index (χ0n) is 16.7. The fourth-order valence-electron chi connectivity index (χ4n) is 3.56. The molecule has 0 atom stereocenters. The Bertz CT molecular complexity index is 1020. The van der Waals surface area contributed by atoms with Gasteiger partial charge in [-0.15, -0.1) is 0 Å². The Hall–Kier alpha value is -3.12. The van der Waals surface area contributed by atoms with Crippen LogP contribution in [-0.2, 0) is 4.79 Å². The minimum Gasteiger partial charge on any atom is -0.436 e. The second-order valence-corrected chi connectivity index (χ2v) is 7.75. The molecule has 1 aliphatic rings. The molecule has 4 rings (SSSR count). The van der Waals surface area contributed by atoms with E-state index in [2.05, 4.69) is 20.2 Å². The van der Waals surface area contributed by atoms with Crippen molar-refractivity contribution in [1.82, 2.24) is 9.97 Å². The standard InChI is InChI=1S/C23H23ClN4O2/c1-16-15-18(24)7-8-20(16)27-22(29)17-9-13-28(14-10-17)21-23(26-12-11-25-21)30-19-5-3-2-4-6-19/h2-8,11-12,15,17H,9-10,13-14H2,1H3,(H,27,29). The van der Waals surface area contributed by atoms with Crippen molar-refractivity contribution in [3.8, 4) is 11.6 Å². The number of piperidine rings is 1. The molecule has 0 spiro atoms. The third kappa shape index (κ3) is 4.71. The van der Waals surface area contributed by atoms with Gasteiger partial charge < -0.3 is 15.0 Å². The topological polar surface area (TPSA) is 67.4 Å². The highest BCUT2D eigenvalue weighted by Crippen LogP contribution is 2.31. The van der Waals surface area contributed by atoms with Crippen LogP contribution in [0.4, 0.5) is 11.5 Å². The second-order valence-electron chi connectivity index (χ2n) is 7.31. The van der Waals surface area contributed by atoms with Gasteiger partial charge in [0.25, 0.3) is 5.88 Å². The molecule has 2 aromatic carbocycles. The van der Waals surface area contributed by atoms with Gasteiger partial charge in [-0.1, -0.05) is 29.8 Å². The predicted molar refractivity (Wildman–Crippen MR) is 118 cm³/mol. The number of nitrogens with one attached hydrogen (secondary N) is 1. The maximum absolute atomic E-state index is 12.7. The number of aryl methyl sites for hydroxylation is 1. The smallest absolute Gasteiger partial charge is 0.263 e. The first-order valence-corrected chi connectivity index (χ1v) is 10.3. The molecule has 30 heavy (non-hydrogen) atoms. The summed E-state index contributed by atoms with van der Waals surface area (Å²) >= 11 is 6.00. The molecule has 6 nitrogen and oxygen atoms in total. The van der Waals surface area contributed by atoms with Gasteiger partial charge in [0.05, 0.1) is 0 Å². The fourth-order valence-corrected chi connectivity index (χ4v) is 3.79. The zero-order valence-corrected chi connectivity index (χ0v) is 17.5. The lowest BCUT2D eigenvalue weighted by atomic mass is 9.95. The predicted octanol–water partition coefficient (Wildman–Crippen LogP) is 5.09. The molecule has 0 radical (unpaired) electrons. The minimum absolute atomic E-state index is 0.0416. The van der Waals surface area contributed by atoms with E-state index in [1.165, 1.54) is 0 Å². The van der Waals surface area contributed by atoms with Crippen molar-refractivity contribution in [3.05, 3.63) is 71.5 Å². The van der Waals surface area contributed by atoms with Crippen LogP contribution in [0.2, 0.25) is 5.02 Å². The van der Waals surface area contributed by atoms with E-state index in [-0.39, 0.29) is 11.8 Å². The summed E-state index contributed by atoms with van der Waals surface area (Å²) in [4.78, 5) is 23.7. The summed E-state index contributed by atoms with van der Waals surface area (Å²) in [6.45, 7) is 3.36. The molecule has 1 aromatic heterocycles. The molecule has 2 heterocycles. The van der Waals surface area contributed by atoms with Gasteiger partial charge in [0, 0.05) is 42.1 Å². The Morgan fingerprint density at radius 2 is 1.83 bits per heavy atom. The van der Waals surface area contributed by atoms with Crippen LogP contribution in [-0.4, -0.2) is 29.0 Å². The third-order valence-corrected chi connectivity index (χ3v) is 5.45. The third-order valence-electron chi connectivity index (χ3n) is 5.22. The van der Waals surface area contributed by atoms with Crippen molar-refractivity contribution in [2.75, 3.05) is 23.3 Å². The van der Waals surface area contributed by atoms with Crippen LogP contribution in [0.25, 0.3) is 0 Å². The quantitative estimate of drug-likeness (QED) is 0.620. The van der Waals surface area contributed by atoms with Crippen LogP contribution in [0.15, 0.2) is 60.9 Å². The van der Waals surface area contributed by atoms with Crippen LogP contribution in [0, 0.1) is 12.8 Å². The highest BCUT2D eigenvalue weighted by atomic mass is 35.5. The van der Waals surface area contributed by atoms with Crippen molar-refractivity contribution < 1.29 is 9.53 Å². The number of rotatable bonds is 5. The first kappa shape index (κ1) is 20.2.